The van der Waals surface area contributed by atoms with Crippen molar-refractivity contribution < 1.29 is 14.3 Å². The van der Waals surface area contributed by atoms with Gasteiger partial charge in [0.1, 0.15) is 17.2 Å². The number of carbonyl (C=O) groups excluding carboxylic acids is 1. The third-order valence-corrected chi connectivity index (χ3v) is 4.88. The Bertz CT molecular complexity index is 965. The predicted octanol–water partition coefficient (Wildman–Crippen LogP) is 4.06. The van der Waals surface area contributed by atoms with Gasteiger partial charge < -0.3 is 14.4 Å². The van der Waals surface area contributed by atoms with Crippen LogP contribution in [0.1, 0.15) is 28.9 Å². The van der Waals surface area contributed by atoms with Crippen molar-refractivity contribution in [1.29, 1.82) is 0 Å². The van der Waals surface area contributed by atoms with Gasteiger partial charge in [-0.05, 0) is 54.8 Å². The van der Waals surface area contributed by atoms with Crippen LogP contribution in [0.2, 0.25) is 0 Å². The molecule has 0 spiro atoms. The molecule has 1 amide bonds. The molecule has 5 heteroatoms. The molecule has 0 unspecified atom stereocenters. The average molecular weight is 362 g/mol. The number of methoxy groups -OCH3 is 2. The standard InChI is InChI=1S/C22H22N2O3/c1-26-18-8-3-15(4-9-18)14-24(17-6-7-17)22(25)21-11-5-16-13-19(27-2)10-12-20(16)23-21/h3-5,8-13,17H,6-7,14H2,1-2H3. The maximum atomic E-state index is 13.1. The Labute approximate surface area is 158 Å². The summed E-state index contributed by atoms with van der Waals surface area (Å²) < 4.78 is 10.5. The number of hydrogen-bond acceptors (Lipinski definition) is 4. The third-order valence-electron chi connectivity index (χ3n) is 4.88. The third kappa shape index (κ3) is 3.72. The van der Waals surface area contributed by atoms with Gasteiger partial charge in [0.2, 0.25) is 0 Å². The second kappa shape index (κ2) is 7.27. The molecule has 1 saturated carbocycles. The van der Waals surface area contributed by atoms with Crippen molar-refractivity contribution in [2.24, 2.45) is 0 Å². The fourth-order valence-corrected chi connectivity index (χ4v) is 3.18. The summed E-state index contributed by atoms with van der Waals surface area (Å²) in [5, 5.41) is 0.957. The largest absolute Gasteiger partial charge is 0.497 e. The van der Waals surface area contributed by atoms with Gasteiger partial charge in [0.05, 0.1) is 19.7 Å². The molecule has 0 aliphatic heterocycles. The second-order valence-corrected chi connectivity index (χ2v) is 6.77. The number of nitrogens with zero attached hydrogens (tertiary/aromatic N) is 2. The summed E-state index contributed by atoms with van der Waals surface area (Å²) in [5.41, 5.74) is 2.36. The van der Waals surface area contributed by atoms with Crippen LogP contribution in [0.5, 0.6) is 11.5 Å². The highest BCUT2D eigenvalue weighted by Gasteiger charge is 2.33. The molecule has 0 bridgehead atoms. The molecule has 0 N–H and O–H groups in total. The summed E-state index contributed by atoms with van der Waals surface area (Å²) >= 11 is 0. The van der Waals surface area contributed by atoms with Crippen molar-refractivity contribution in [2.45, 2.75) is 25.4 Å². The van der Waals surface area contributed by atoms with E-state index in [-0.39, 0.29) is 5.91 Å². The van der Waals surface area contributed by atoms with Gasteiger partial charge in [-0.1, -0.05) is 18.2 Å². The Morgan fingerprint density at radius 1 is 1.00 bits per heavy atom. The first-order valence-electron chi connectivity index (χ1n) is 9.06. The molecule has 2 aromatic carbocycles. The Kier molecular flexibility index (Phi) is 4.67. The number of pyridine rings is 1. The first kappa shape index (κ1) is 17.3. The van der Waals surface area contributed by atoms with Crippen LogP contribution >= 0.6 is 0 Å². The number of carbonyl (C=O) groups is 1. The van der Waals surface area contributed by atoms with Gasteiger partial charge in [-0.15, -0.1) is 0 Å². The minimum atomic E-state index is -0.0222. The topological polar surface area (TPSA) is 51.7 Å². The van der Waals surface area contributed by atoms with Gasteiger partial charge in [-0.3, -0.25) is 4.79 Å². The van der Waals surface area contributed by atoms with Crippen LogP contribution in [-0.2, 0) is 6.54 Å². The zero-order chi connectivity index (χ0) is 18.8. The number of aromatic nitrogens is 1. The van der Waals surface area contributed by atoms with Gasteiger partial charge in [0, 0.05) is 18.0 Å². The van der Waals surface area contributed by atoms with Gasteiger partial charge in [-0.25, -0.2) is 4.98 Å². The molecule has 1 fully saturated rings. The fourth-order valence-electron chi connectivity index (χ4n) is 3.18. The highest BCUT2D eigenvalue weighted by molar-refractivity contribution is 5.95. The van der Waals surface area contributed by atoms with Crippen molar-refractivity contribution in [3.8, 4) is 11.5 Å². The molecule has 1 aromatic heterocycles. The van der Waals surface area contributed by atoms with Crippen LogP contribution in [0.4, 0.5) is 0 Å². The van der Waals surface area contributed by atoms with Crippen LogP contribution < -0.4 is 9.47 Å². The van der Waals surface area contributed by atoms with Crippen molar-refractivity contribution in [3.63, 3.8) is 0 Å². The van der Waals surface area contributed by atoms with E-state index in [9.17, 15) is 4.79 Å². The smallest absolute Gasteiger partial charge is 0.273 e. The molecule has 0 atom stereocenters. The Morgan fingerprint density at radius 2 is 1.70 bits per heavy atom. The SMILES string of the molecule is COc1ccc(CN(C(=O)c2ccc3cc(OC)ccc3n2)C2CC2)cc1. The Hall–Kier alpha value is -3.08. The predicted molar refractivity (Wildman–Crippen MR) is 104 cm³/mol. The van der Waals surface area contributed by atoms with E-state index < -0.39 is 0 Å². The normalized spacial score (nSPS) is 13.4. The fraction of sp³-hybridized carbons (Fsp3) is 0.273. The van der Waals surface area contributed by atoms with Gasteiger partial charge in [0.15, 0.2) is 0 Å². The Morgan fingerprint density at radius 3 is 2.37 bits per heavy atom. The summed E-state index contributed by atoms with van der Waals surface area (Å²) in [6, 6.07) is 17.5. The maximum absolute atomic E-state index is 13.1. The Balaban J connectivity index is 1.58. The number of amides is 1. The van der Waals surface area contributed by atoms with Crippen LogP contribution in [-0.4, -0.2) is 36.1 Å². The van der Waals surface area contributed by atoms with E-state index in [2.05, 4.69) is 4.98 Å². The minimum Gasteiger partial charge on any atom is -0.497 e. The summed E-state index contributed by atoms with van der Waals surface area (Å²) in [6.45, 7) is 0.579. The van der Waals surface area contributed by atoms with E-state index in [0.717, 1.165) is 40.8 Å². The highest BCUT2D eigenvalue weighted by atomic mass is 16.5. The lowest BCUT2D eigenvalue weighted by molar-refractivity contribution is 0.0724. The summed E-state index contributed by atoms with van der Waals surface area (Å²) in [6.07, 6.45) is 2.10. The van der Waals surface area contributed by atoms with Gasteiger partial charge >= 0.3 is 0 Å². The molecule has 3 aromatic rings. The minimum absolute atomic E-state index is 0.0222. The molecular formula is C22H22N2O3. The molecule has 1 aliphatic carbocycles. The van der Waals surface area contributed by atoms with Gasteiger partial charge in [0.25, 0.3) is 5.91 Å². The molecule has 138 valence electrons. The summed E-state index contributed by atoms with van der Waals surface area (Å²) in [4.78, 5) is 19.6. The maximum Gasteiger partial charge on any atom is 0.273 e. The van der Waals surface area contributed by atoms with Crippen molar-refractivity contribution in [1.82, 2.24) is 9.88 Å². The molecule has 1 heterocycles. The van der Waals surface area contributed by atoms with Crippen molar-refractivity contribution in [3.05, 3.63) is 65.9 Å². The lowest BCUT2D eigenvalue weighted by atomic mass is 10.1. The molecular weight excluding hydrogens is 340 g/mol. The van der Waals surface area contributed by atoms with Crippen molar-refractivity contribution >= 4 is 16.8 Å². The zero-order valence-corrected chi connectivity index (χ0v) is 15.5. The molecule has 0 radical (unpaired) electrons. The zero-order valence-electron chi connectivity index (χ0n) is 15.5. The van der Waals surface area contributed by atoms with Gasteiger partial charge in [-0.2, -0.15) is 0 Å². The molecule has 5 nitrogen and oxygen atoms in total. The van der Waals surface area contributed by atoms with E-state index in [1.54, 1.807) is 20.3 Å². The molecule has 27 heavy (non-hydrogen) atoms. The first-order valence-corrected chi connectivity index (χ1v) is 9.06. The quantitative estimate of drug-likeness (QED) is 0.664. The van der Waals surface area contributed by atoms with E-state index in [4.69, 9.17) is 9.47 Å². The lowest BCUT2D eigenvalue weighted by Crippen LogP contribution is -2.33. The van der Waals surface area contributed by atoms with E-state index in [1.165, 1.54) is 0 Å². The summed E-state index contributed by atoms with van der Waals surface area (Å²) in [5.74, 6) is 1.57. The second-order valence-electron chi connectivity index (χ2n) is 6.77. The molecule has 0 saturated heterocycles. The van der Waals surface area contributed by atoms with Crippen LogP contribution in [0.3, 0.4) is 0 Å². The van der Waals surface area contributed by atoms with E-state index in [0.29, 0.717) is 18.3 Å². The first-order chi connectivity index (χ1) is 13.2. The number of benzene rings is 2. The number of hydrogen-bond donors (Lipinski definition) is 0. The van der Waals surface area contributed by atoms with Crippen LogP contribution in [0.15, 0.2) is 54.6 Å². The lowest BCUT2D eigenvalue weighted by Gasteiger charge is -2.22. The van der Waals surface area contributed by atoms with Crippen LogP contribution in [0.25, 0.3) is 10.9 Å². The van der Waals surface area contributed by atoms with Crippen molar-refractivity contribution in [2.75, 3.05) is 14.2 Å². The highest BCUT2D eigenvalue weighted by Crippen LogP contribution is 2.30. The summed E-state index contributed by atoms with van der Waals surface area (Å²) in [7, 11) is 3.29. The van der Waals surface area contributed by atoms with E-state index >= 15 is 0 Å². The molecule has 1 aliphatic rings. The number of fused-ring (bicyclic) bond motifs is 1. The van der Waals surface area contributed by atoms with Crippen LogP contribution in [0, 0.1) is 0 Å². The number of ether oxygens (including phenoxy) is 2. The monoisotopic (exact) mass is 362 g/mol. The number of rotatable bonds is 6. The molecule has 4 rings (SSSR count). The average Bonchev–Trinajstić information content (AvgIpc) is 3.56. The van der Waals surface area contributed by atoms with E-state index in [1.807, 2.05) is 53.4 Å².